The van der Waals surface area contributed by atoms with Crippen molar-refractivity contribution in [2.24, 2.45) is 0 Å². The number of aryl methyl sites for hydroxylation is 1. The molecule has 0 saturated heterocycles. The highest BCUT2D eigenvalue weighted by molar-refractivity contribution is 7.93. The Labute approximate surface area is 214 Å². The lowest BCUT2D eigenvalue weighted by atomic mass is 10.2. The summed E-state index contributed by atoms with van der Waals surface area (Å²) in [7, 11) is 0.0546. The number of rotatable bonds is 9. The second-order valence-electron chi connectivity index (χ2n) is 7.38. The van der Waals surface area contributed by atoms with Crippen LogP contribution in [0.25, 0.3) is 0 Å². The molecular formula is C24H24Cl2N2O6S. The maximum absolute atomic E-state index is 13.8. The van der Waals surface area contributed by atoms with Crippen molar-refractivity contribution < 1.29 is 27.4 Å². The van der Waals surface area contributed by atoms with Crippen LogP contribution in [-0.4, -0.2) is 42.2 Å². The Bertz CT molecular complexity index is 1350. The minimum atomic E-state index is -4.27. The van der Waals surface area contributed by atoms with Crippen molar-refractivity contribution >= 4 is 50.5 Å². The first-order valence-electron chi connectivity index (χ1n) is 10.2. The van der Waals surface area contributed by atoms with Crippen LogP contribution in [-0.2, 0) is 14.8 Å². The Hall–Kier alpha value is -3.14. The SMILES string of the molecule is COc1ccc(NC(=O)CN(c2ccc(Cl)c(Cl)c2)S(=O)(=O)c2cc(C)ccc2OC)c(OC)c1. The highest BCUT2D eigenvalue weighted by Gasteiger charge is 2.31. The van der Waals surface area contributed by atoms with E-state index in [0.717, 1.165) is 4.31 Å². The molecule has 0 aliphatic rings. The summed E-state index contributed by atoms with van der Waals surface area (Å²) in [6.07, 6.45) is 0. The van der Waals surface area contributed by atoms with Crippen LogP contribution in [0.3, 0.4) is 0 Å². The zero-order valence-electron chi connectivity index (χ0n) is 19.5. The predicted octanol–water partition coefficient (Wildman–Crippen LogP) is 5.16. The molecular weight excluding hydrogens is 515 g/mol. The van der Waals surface area contributed by atoms with Crippen LogP contribution in [0.15, 0.2) is 59.5 Å². The number of hydrogen-bond acceptors (Lipinski definition) is 6. The number of nitrogens with one attached hydrogen (secondary N) is 1. The monoisotopic (exact) mass is 538 g/mol. The largest absolute Gasteiger partial charge is 0.497 e. The molecule has 1 N–H and O–H groups in total. The highest BCUT2D eigenvalue weighted by Crippen LogP contribution is 2.34. The van der Waals surface area contributed by atoms with Gasteiger partial charge in [0.1, 0.15) is 28.7 Å². The first-order valence-corrected chi connectivity index (χ1v) is 12.4. The quantitative estimate of drug-likeness (QED) is 0.404. The van der Waals surface area contributed by atoms with E-state index in [-0.39, 0.29) is 26.4 Å². The summed E-state index contributed by atoms with van der Waals surface area (Å²) >= 11 is 12.2. The molecule has 0 radical (unpaired) electrons. The third-order valence-electron chi connectivity index (χ3n) is 5.05. The third-order valence-corrected chi connectivity index (χ3v) is 7.58. The van der Waals surface area contributed by atoms with Crippen LogP contribution in [0, 0.1) is 6.92 Å². The third kappa shape index (κ3) is 5.93. The van der Waals surface area contributed by atoms with Crippen molar-refractivity contribution in [1.82, 2.24) is 0 Å². The van der Waals surface area contributed by atoms with Crippen molar-refractivity contribution in [3.63, 3.8) is 0 Å². The van der Waals surface area contributed by atoms with Gasteiger partial charge in [0.15, 0.2) is 0 Å². The van der Waals surface area contributed by atoms with Gasteiger partial charge in [0, 0.05) is 6.07 Å². The molecule has 1 amide bonds. The summed E-state index contributed by atoms with van der Waals surface area (Å²) in [5, 5.41) is 3.07. The topological polar surface area (TPSA) is 94.2 Å². The number of carbonyl (C=O) groups excluding carboxylic acids is 1. The average molecular weight is 539 g/mol. The normalized spacial score (nSPS) is 11.0. The summed E-state index contributed by atoms with van der Waals surface area (Å²) in [4.78, 5) is 13.0. The maximum atomic E-state index is 13.8. The minimum Gasteiger partial charge on any atom is -0.497 e. The lowest BCUT2D eigenvalue weighted by molar-refractivity contribution is -0.114. The molecule has 11 heteroatoms. The molecule has 0 aliphatic heterocycles. The van der Waals surface area contributed by atoms with Crippen LogP contribution >= 0.6 is 23.2 Å². The molecule has 3 rings (SSSR count). The van der Waals surface area contributed by atoms with E-state index in [1.54, 1.807) is 37.3 Å². The Morgan fingerprint density at radius 1 is 0.886 bits per heavy atom. The zero-order valence-corrected chi connectivity index (χ0v) is 21.8. The van der Waals surface area contributed by atoms with Crippen LogP contribution in [0.4, 0.5) is 11.4 Å². The first kappa shape index (κ1) is 26.5. The number of anilines is 2. The van der Waals surface area contributed by atoms with Crippen molar-refractivity contribution in [3.05, 3.63) is 70.2 Å². The maximum Gasteiger partial charge on any atom is 0.268 e. The zero-order chi connectivity index (χ0) is 25.8. The molecule has 186 valence electrons. The lowest BCUT2D eigenvalue weighted by Gasteiger charge is -2.25. The van der Waals surface area contributed by atoms with Crippen LogP contribution in [0.2, 0.25) is 10.0 Å². The number of methoxy groups -OCH3 is 3. The molecule has 0 aromatic heterocycles. The number of sulfonamides is 1. The molecule has 0 fully saturated rings. The number of amides is 1. The molecule has 0 spiro atoms. The van der Waals surface area contributed by atoms with Crippen molar-refractivity contribution in [1.29, 1.82) is 0 Å². The van der Waals surface area contributed by atoms with Crippen LogP contribution in [0.1, 0.15) is 5.56 Å². The summed E-state index contributed by atoms with van der Waals surface area (Å²) in [5.41, 5.74) is 1.20. The molecule has 0 saturated carbocycles. The van der Waals surface area contributed by atoms with Crippen molar-refractivity contribution in [3.8, 4) is 17.2 Å². The number of nitrogens with zero attached hydrogens (tertiary/aromatic N) is 1. The highest BCUT2D eigenvalue weighted by atomic mass is 35.5. The average Bonchev–Trinajstić information content (AvgIpc) is 2.84. The fourth-order valence-electron chi connectivity index (χ4n) is 3.28. The standard InChI is InChI=1S/C24H24Cl2N2O6S/c1-15-5-10-21(33-3)23(11-15)35(30,31)28(16-6-8-18(25)19(26)12-16)14-24(29)27-20-9-7-17(32-2)13-22(20)34-4/h5-13H,14H2,1-4H3,(H,27,29). The van der Waals surface area contributed by atoms with Gasteiger partial charge in [-0.05, 0) is 55.0 Å². The van der Waals surface area contributed by atoms with E-state index < -0.39 is 22.5 Å². The van der Waals surface area contributed by atoms with Crippen molar-refractivity contribution in [2.75, 3.05) is 37.5 Å². The van der Waals surface area contributed by atoms with Gasteiger partial charge in [-0.15, -0.1) is 0 Å². The second kappa shape index (κ2) is 11.1. The molecule has 3 aromatic rings. The number of carbonyl (C=O) groups is 1. The Balaban J connectivity index is 2.04. The van der Waals surface area contributed by atoms with Crippen molar-refractivity contribution in [2.45, 2.75) is 11.8 Å². The van der Waals surface area contributed by atoms with E-state index in [1.807, 2.05) is 0 Å². The van der Waals surface area contributed by atoms with Crippen LogP contribution in [0.5, 0.6) is 17.2 Å². The molecule has 3 aromatic carbocycles. The van der Waals surface area contributed by atoms with Gasteiger partial charge >= 0.3 is 0 Å². The summed E-state index contributed by atoms with van der Waals surface area (Å²) in [6.45, 7) is 1.19. The van der Waals surface area contributed by atoms with Gasteiger partial charge in [-0.25, -0.2) is 8.42 Å². The summed E-state index contributed by atoms with van der Waals surface area (Å²) < 4.78 is 44.3. The summed E-state index contributed by atoms with van der Waals surface area (Å²) in [5.74, 6) is 0.404. The van der Waals surface area contributed by atoms with E-state index in [0.29, 0.717) is 22.7 Å². The first-order chi connectivity index (χ1) is 16.6. The fourth-order valence-corrected chi connectivity index (χ4v) is 5.23. The van der Waals surface area contributed by atoms with E-state index in [1.165, 1.54) is 45.6 Å². The molecule has 0 atom stereocenters. The number of ether oxygens (including phenoxy) is 3. The Kier molecular flexibility index (Phi) is 8.37. The van der Waals surface area contributed by atoms with Gasteiger partial charge in [-0.1, -0.05) is 29.3 Å². The smallest absolute Gasteiger partial charge is 0.268 e. The van der Waals surface area contributed by atoms with E-state index in [2.05, 4.69) is 5.32 Å². The molecule has 0 bridgehead atoms. The minimum absolute atomic E-state index is 0.0964. The fraction of sp³-hybridized carbons (Fsp3) is 0.208. The van der Waals surface area contributed by atoms with Gasteiger partial charge in [0.05, 0.1) is 42.7 Å². The van der Waals surface area contributed by atoms with E-state index in [4.69, 9.17) is 37.4 Å². The lowest BCUT2D eigenvalue weighted by Crippen LogP contribution is -2.38. The molecule has 0 aliphatic carbocycles. The van der Waals surface area contributed by atoms with E-state index >= 15 is 0 Å². The summed E-state index contributed by atoms with van der Waals surface area (Å²) in [6, 6.07) is 13.9. The molecule has 0 heterocycles. The second-order valence-corrected chi connectivity index (χ2v) is 10.0. The van der Waals surface area contributed by atoms with Gasteiger partial charge in [-0.2, -0.15) is 0 Å². The molecule has 8 nitrogen and oxygen atoms in total. The van der Waals surface area contributed by atoms with Gasteiger partial charge in [0.2, 0.25) is 5.91 Å². The van der Waals surface area contributed by atoms with E-state index in [9.17, 15) is 13.2 Å². The predicted molar refractivity (Wildman–Crippen MR) is 137 cm³/mol. The number of benzene rings is 3. The van der Waals surface area contributed by atoms with Gasteiger partial charge < -0.3 is 19.5 Å². The van der Waals surface area contributed by atoms with Gasteiger partial charge in [0.25, 0.3) is 10.0 Å². The number of hydrogen-bond donors (Lipinski definition) is 1. The molecule has 35 heavy (non-hydrogen) atoms. The Morgan fingerprint density at radius 3 is 2.23 bits per heavy atom. The van der Waals surface area contributed by atoms with Crippen LogP contribution < -0.4 is 23.8 Å². The number of halogens is 2. The van der Waals surface area contributed by atoms with Gasteiger partial charge in [-0.3, -0.25) is 9.10 Å². The molecule has 0 unspecified atom stereocenters. The Morgan fingerprint density at radius 2 is 1.60 bits per heavy atom.